The van der Waals surface area contributed by atoms with Gasteiger partial charge in [0.2, 0.25) is 0 Å². The van der Waals surface area contributed by atoms with E-state index in [-0.39, 0.29) is 0 Å². The van der Waals surface area contributed by atoms with E-state index in [1.54, 1.807) is 19.1 Å². The molecule has 23 heavy (non-hydrogen) atoms. The highest BCUT2D eigenvalue weighted by atomic mass is 19.4. The minimum Gasteiger partial charge on any atom is -0.247 e. The summed E-state index contributed by atoms with van der Waals surface area (Å²) in [4.78, 5) is 0. The van der Waals surface area contributed by atoms with Crippen LogP contribution in [0.3, 0.4) is 0 Å². The van der Waals surface area contributed by atoms with E-state index < -0.39 is 24.1 Å². The van der Waals surface area contributed by atoms with E-state index in [1.807, 2.05) is 19.1 Å². The van der Waals surface area contributed by atoms with Crippen LogP contribution >= 0.6 is 0 Å². The van der Waals surface area contributed by atoms with Gasteiger partial charge in [-0.25, -0.2) is 8.78 Å². The SMILES string of the molecule is CCc1ccccc1-c1cc(C(F)(CF)C(F)(F)F)ccc1C. The zero-order valence-corrected chi connectivity index (χ0v) is 12.8. The highest BCUT2D eigenvalue weighted by Crippen LogP contribution is 2.44. The Hall–Kier alpha value is -1.91. The largest absolute Gasteiger partial charge is 0.429 e. The number of rotatable bonds is 4. The molecule has 0 bridgehead atoms. The van der Waals surface area contributed by atoms with E-state index in [9.17, 15) is 22.0 Å². The summed E-state index contributed by atoms with van der Waals surface area (Å²) in [6.07, 6.45) is -4.62. The molecule has 0 radical (unpaired) electrons. The number of benzene rings is 2. The van der Waals surface area contributed by atoms with Crippen molar-refractivity contribution >= 4 is 0 Å². The molecule has 0 nitrogen and oxygen atoms in total. The molecule has 0 aromatic heterocycles. The first-order valence-electron chi connectivity index (χ1n) is 7.25. The highest BCUT2D eigenvalue weighted by Gasteiger charge is 2.57. The fourth-order valence-corrected chi connectivity index (χ4v) is 2.57. The summed E-state index contributed by atoms with van der Waals surface area (Å²) in [6, 6.07) is 10.7. The first kappa shape index (κ1) is 17.4. The number of hydrogen-bond donors (Lipinski definition) is 0. The van der Waals surface area contributed by atoms with E-state index in [2.05, 4.69) is 0 Å². The lowest BCUT2D eigenvalue weighted by molar-refractivity contribution is -0.240. The zero-order valence-electron chi connectivity index (χ0n) is 12.8. The molecular formula is C18H17F5. The van der Waals surface area contributed by atoms with Crippen LogP contribution in [0.5, 0.6) is 0 Å². The molecular weight excluding hydrogens is 311 g/mol. The first-order valence-corrected chi connectivity index (χ1v) is 7.25. The van der Waals surface area contributed by atoms with Gasteiger partial charge in [-0.15, -0.1) is 0 Å². The standard InChI is InChI=1S/C18H17F5/c1-3-13-6-4-5-7-15(13)16-10-14(9-8-12(16)2)17(20,11-19)18(21,22)23/h4-10H,3,11H2,1-2H3. The van der Waals surface area contributed by atoms with Gasteiger partial charge < -0.3 is 0 Å². The molecule has 0 heterocycles. The summed E-state index contributed by atoms with van der Waals surface area (Å²) in [7, 11) is 0. The van der Waals surface area contributed by atoms with E-state index in [0.29, 0.717) is 17.5 Å². The molecule has 0 N–H and O–H groups in total. The summed E-state index contributed by atoms with van der Waals surface area (Å²) >= 11 is 0. The van der Waals surface area contributed by atoms with Crippen LogP contribution in [0.15, 0.2) is 42.5 Å². The second-order valence-electron chi connectivity index (χ2n) is 5.47. The minimum absolute atomic E-state index is 0.486. The van der Waals surface area contributed by atoms with Gasteiger partial charge in [0.25, 0.3) is 5.67 Å². The molecule has 124 valence electrons. The second kappa shape index (κ2) is 6.30. The molecule has 0 saturated carbocycles. The van der Waals surface area contributed by atoms with Crippen molar-refractivity contribution in [1.82, 2.24) is 0 Å². The third kappa shape index (κ3) is 3.09. The molecule has 0 saturated heterocycles. The van der Waals surface area contributed by atoms with Crippen molar-refractivity contribution in [1.29, 1.82) is 0 Å². The Morgan fingerprint density at radius 3 is 2.13 bits per heavy atom. The quantitative estimate of drug-likeness (QED) is 0.611. The van der Waals surface area contributed by atoms with Crippen molar-refractivity contribution in [3.8, 4) is 11.1 Å². The van der Waals surface area contributed by atoms with Gasteiger partial charge in [0.1, 0.15) is 6.67 Å². The lowest BCUT2D eigenvalue weighted by Gasteiger charge is -2.26. The number of aryl methyl sites for hydroxylation is 2. The minimum atomic E-state index is -5.31. The highest BCUT2D eigenvalue weighted by molar-refractivity contribution is 5.71. The summed E-state index contributed by atoms with van der Waals surface area (Å²) < 4.78 is 66.0. The van der Waals surface area contributed by atoms with Crippen LogP contribution in [-0.2, 0) is 12.1 Å². The maximum atomic E-state index is 14.3. The summed E-state index contributed by atoms with van der Waals surface area (Å²) in [6.45, 7) is 1.51. The predicted octanol–water partition coefficient (Wildman–Crippen LogP) is 5.92. The van der Waals surface area contributed by atoms with Crippen LogP contribution in [0.2, 0.25) is 0 Å². The molecule has 0 aliphatic rings. The van der Waals surface area contributed by atoms with Crippen LogP contribution in [-0.4, -0.2) is 12.9 Å². The van der Waals surface area contributed by atoms with E-state index in [1.165, 1.54) is 6.07 Å². The third-order valence-corrected chi connectivity index (χ3v) is 4.02. The predicted molar refractivity (Wildman–Crippen MR) is 80.8 cm³/mol. The van der Waals surface area contributed by atoms with Crippen LogP contribution in [0.25, 0.3) is 11.1 Å². The molecule has 2 aromatic carbocycles. The Balaban J connectivity index is 2.65. The Labute approximate surface area is 132 Å². The third-order valence-electron chi connectivity index (χ3n) is 4.02. The van der Waals surface area contributed by atoms with Gasteiger partial charge >= 0.3 is 6.18 Å². The molecule has 2 aromatic rings. The van der Waals surface area contributed by atoms with E-state index in [0.717, 1.165) is 23.3 Å². The molecule has 0 spiro atoms. The molecule has 1 unspecified atom stereocenters. The van der Waals surface area contributed by atoms with Crippen molar-refractivity contribution in [2.75, 3.05) is 6.67 Å². The van der Waals surface area contributed by atoms with Crippen LogP contribution in [0.1, 0.15) is 23.6 Å². The smallest absolute Gasteiger partial charge is 0.247 e. The normalized spacial score (nSPS) is 14.6. The van der Waals surface area contributed by atoms with Crippen molar-refractivity contribution < 1.29 is 22.0 Å². The first-order chi connectivity index (χ1) is 10.7. The lowest BCUT2D eigenvalue weighted by atomic mass is 9.88. The zero-order chi connectivity index (χ0) is 17.3. The molecule has 2 rings (SSSR count). The molecule has 0 aliphatic carbocycles. The van der Waals surface area contributed by atoms with Crippen molar-refractivity contribution in [2.24, 2.45) is 0 Å². The molecule has 5 heteroatoms. The summed E-state index contributed by atoms with van der Waals surface area (Å²) in [5.41, 5.74) is -1.84. The van der Waals surface area contributed by atoms with Crippen molar-refractivity contribution in [3.05, 3.63) is 59.2 Å². The Morgan fingerprint density at radius 1 is 0.913 bits per heavy atom. The maximum Gasteiger partial charge on any atom is 0.429 e. The fraction of sp³-hybridized carbons (Fsp3) is 0.333. The Kier molecular flexibility index (Phi) is 4.78. The summed E-state index contributed by atoms with van der Waals surface area (Å²) in [5, 5.41) is 0. The average Bonchev–Trinajstić information content (AvgIpc) is 2.53. The van der Waals surface area contributed by atoms with E-state index >= 15 is 0 Å². The topological polar surface area (TPSA) is 0 Å². The number of halogens is 5. The maximum absolute atomic E-state index is 14.3. The van der Waals surface area contributed by atoms with Crippen LogP contribution in [0.4, 0.5) is 22.0 Å². The average molecular weight is 328 g/mol. The van der Waals surface area contributed by atoms with Gasteiger partial charge in [-0.2, -0.15) is 13.2 Å². The molecule has 0 amide bonds. The van der Waals surface area contributed by atoms with Crippen LogP contribution < -0.4 is 0 Å². The van der Waals surface area contributed by atoms with Gasteiger partial charge in [0.15, 0.2) is 0 Å². The molecule has 0 fully saturated rings. The van der Waals surface area contributed by atoms with Gasteiger partial charge in [0, 0.05) is 5.56 Å². The summed E-state index contributed by atoms with van der Waals surface area (Å²) in [5.74, 6) is 0. The molecule has 1 atom stereocenters. The number of hydrogen-bond acceptors (Lipinski definition) is 0. The Morgan fingerprint density at radius 2 is 1.57 bits per heavy atom. The Bertz CT molecular complexity index is 690. The monoisotopic (exact) mass is 328 g/mol. The van der Waals surface area contributed by atoms with Gasteiger partial charge in [0.05, 0.1) is 0 Å². The van der Waals surface area contributed by atoms with Gasteiger partial charge in [-0.1, -0.05) is 43.3 Å². The van der Waals surface area contributed by atoms with Crippen molar-refractivity contribution in [3.63, 3.8) is 0 Å². The van der Waals surface area contributed by atoms with Gasteiger partial charge in [-0.3, -0.25) is 0 Å². The molecule has 0 aliphatic heterocycles. The number of alkyl halides is 5. The van der Waals surface area contributed by atoms with Crippen LogP contribution in [0, 0.1) is 6.92 Å². The second-order valence-corrected chi connectivity index (χ2v) is 5.47. The lowest BCUT2D eigenvalue weighted by Crippen LogP contribution is -2.40. The van der Waals surface area contributed by atoms with Gasteiger partial charge in [-0.05, 0) is 41.7 Å². The van der Waals surface area contributed by atoms with Crippen molar-refractivity contribution in [2.45, 2.75) is 32.1 Å². The van der Waals surface area contributed by atoms with E-state index in [4.69, 9.17) is 0 Å². The fourth-order valence-electron chi connectivity index (χ4n) is 2.57.